The Bertz CT molecular complexity index is 244. The molecule has 0 bridgehead atoms. The number of hydrogen-bond acceptors (Lipinski definition) is 2. The van der Waals surface area contributed by atoms with Gasteiger partial charge in [0.2, 0.25) is 0 Å². The summed E-state index contributed by atoms with van der Waals surface area (Å²) < 4.78 is 0. The fourth-order valence-corrected chi connectivity index (χ4v) is 2.68. The molecule has 3 atom stereocenters. The highest BCUT2D eigenvalue weighted by atomic mass is 15.0. The van der Waals surface area contributed by atoms with Crippen LogP contribution >= 0.6 is 0 Å². The zero-order chi connectivity index (χ0) is 12.0. The second kappa shape index (κ2) is 6.25. The van der Waals surface area contributed by atoms with Crippen molar-refractivity contribution in [3.63, 3.8) is 0 Å². The van der Waals surface area contributed by atoms with E-state index in [-0.39, 0.29) is 5.54 Å². The molecule has 1 aliphatic rings. The van der Waals surface area contributed by atoms with E-state index < -0.39 is 0 Å². The standard InChI is InChI=1S/C14H26N2/c1-4-12(3)16-14(11-15)9-6-7-13(5-2)8-10-14/h12-13,16H,4-10H2,1-3H3. The summed E-state index contributed by atoms with van der Waals surface area (Å²) >= 11 is 0. The van der Waals surface area contributed by atoms with Crippen LogP contribution in [0.2, 0.25) is 0 Å². The van der Waals surface area contributed by atoms with E-state index in [1.165, 1.54) is 25.7 Å². The highest BCUT2D eigenvalue weighted by Gasteiger charge is 2.33. The Morgan fingerprint density at radius 3 is 2.69 bits per heavy atom. The van der Waals surface area contributed by atoms with Gasteiger partial charge in [0.05, 0.1) is 6.07 Å². The van der Waals surface area contributed by atoms with E-state index in [4.69, 9.17) is 0 Å². The molecule has 1 aliphatic carbocycles. The van der Waals surface area contributed by atoms with Crippen molar-refractivity contribution in [3.05, 3.63) is 0 Å². The Hall–Kier alpha value is -0.550. The summed E-state index contributed by atoms with van der Waals surface area (Å²) in [7, 11) is 0. The molecule has 0 aromatic carbocycles. The van der Waals surface area contributed by atoms with Gasteiger partial charge in [-0.2, -0.15) is 5.26 Å². The summed E-state index contributed by atoms with van der Waals surface area (Å²) in [6.07, 6.45) is 8.16. The van der Waals surface area contributed by atoms with Crippen LogP contribution in [-0.2, 0) is 0 Å². The van der Waals surface area contributed by atoms with Crippen molar-refractivity contribution < 1.29 is 0 Å². The van der Waals surface area contributed by atoms with Crippen LogP contribution in [0.3, 0.4) is 0 Å². The maximum Gasteiger partial charge on any atom is 0.106 e. The first kappa shape index (κ1) is 13.5. The Balaban J connectivity index is 2.62. The molecular formula is C14H26N2. The van der Waals surface area contributed by atoms with Crippen LogP contribution in [0.25, 0.3) is 0 Å². The second-order valence-corrected chi connectivity index (χ2v) is 5.35. The molecule has 2 heteroatoms. The molecule has 3 unspecified atom stereocenters. The van der Waals surface area contributed by atoms with Crippen LogP contribution < -0.4 is 5.32 Å². The molecule has 16 heavy (non-hydrogen) atoms. The van der Waals surface area contributed by atoms with Crippen LogP contribution in [0.1, 0.15) is 65.7 Å². The van der Waals surface area contributed by atoms with Crippen molar-refractivity contribution in [1.82, 2.24) is 5.32 Å². The second-order valence-electron chi connectivity index (χ2n) is 5.35. The van der Waals surface area contributed by atoms with Gasteiger partial charge < -0.3 is 0 Å². The van der Waals surface area contributed by atoms with Gasteiger partial charge in [-0.25, -0.2) is 0 Å². The average molecular weight is 222 g/mol. The van der Waals surface area contributed by atoms with Crippen LogP contribution in [0, 0.1) is 17.2 Å². The number of nitriles is 1. The molecule has 0 aromatic rings. The lowest BCUT2D eigenvalue weighted by Crippen LogP contribution is -2.48. The van der Waals surface area contributed by atoms with E-state index in [1.807, 2.05) is 0 Å². The topological polar surface area (TPSA) is 35.8 Å². The highest BCUT2D eigenvalue weighted by molar-refractivity contribution is 5.08. The van der Waals surface area contributed by atoms with Crippen molar-refractivity contribution >= 4 is 0 Å². The van der Waals surface area contributed by atoms with Crippen molar-refractivity contribution in [2.45, 2.75) is 77.3 Å². The van der Waals surface area contributed by atoms with Gasteiger partial charge in [-0.3, -0.25) is 5.32 Å². The van der Waals surface area contributed by atoms with Crippen LogP contribution in [0.5, 0.6) is 0 Å². The van der Waals surface area contributed by atoms with E-state index in [1.54, 1.807) is 0 Å². The number of nitrogens with zero attached hydrogens (tertiary/aromatic N) is 1. The van der Waals surface area contributed by atoms with Crippen LogP contribution in [-0.4, -0.2) is 11.6 Å². The molecule has 0 amide bonds. The fraction of sp³-hybridized carbons (Fsp3) is 0.929. The predicted molar refractivity (Wildman–Crippen MR) is 68.1 cm³/mol. The molecule has 1 rings (SSSR count). The number of nitrogens with one attached hydrogen (secondary N) is 1. The van der Waals surface area contributed by atoms with Gasteiger partial charge >= 0.3 is 0 Å². The molecule has 1 saturated carbocycles. The summed E-state index contributed by atoms with van der Waals surface area (Å²) in [5, 5.41) is 13.0. The third-order valence-electron chi connectivity index (χ3n) is 4.12. The van der Waals surface area contributed by atoms with Crippen LogP contribution in [0.4, 0.5) is 0 Å². The SMILES string of the molecule is CCC1CCCC(C#N)(NC(C)CC)CC1. The van der Waals surface area contributed by atoms with Crippen molar-refractivity contribution in [2.24, 2.45) is 5.92 Å². The Labute approximate surface area is 100 Å². The summed E-state index contributed by atoms with van der Waals surface area (Å²) in [6, 6.07) is 3.01. The molecule has 0 aliphatic heterocycles. The Morgan fingerprint density at radius 1 is 1.38 bits per heavy atom. The Morgan fingerprint density at radius 2 is 2.12 bits per heavy atom. The van der Waals surface area contributed by atoms with Gasteiger partial charge in [0.15, 0.2) is 0 Å². The largest absolute Gasteiger partial charge is 0.297 e. The van der Waals surface area contributed by atoms with Gasteiger partial charge in [-0.15, -0.1) is 0 Å². The van der Waals surface area contributed by atoms with E-state index >= 15 is 0 Å². The molecular weight excluding hydrogens is 196 g/mol. The van der Waals surface area contributed by atoms with E-state index in [2.05, 4.69) is 32.2 Å². The summed E-state index contributed by atoms with van der Waals surface area (Å²) in [5.74, 6) is 0.842. The molecule has 0 spiro atoms. The van der Waals surface area contributed by atoms with Crippen LogP contribution in [0.15, 0.2) is 0 Å². The van der Waals surface area contributed by atoms with Gasteiger partial charge in [0, 0.05) is 6.04 Å². The lowest BCUT2D eigenvalue weighted by molar-refractivity contribution is 0.318. The highest BCUT2D eigenvalue weighted by Crippen LogP contribution is 2.32. The minimum atomic E-state index is -0.237. The molecule has 2 nitrogen and oxygen atoms in total. The molecule has 0 aromatic heterocycles. The third kappa shape index (κ3) is 3.49. The first-order valence-corrected chi connectivity index (χ1v) is 6.84. The summed E-state index contributed by atoms with van der Waals surface area (Å²) in [5.41, 5.74) is -0.237. The third-order valence-corrected chi connectivity index (χ3v) is 4.12. The first-order valence-electron chi connectivity index (χ1n) is 6.84. The summed E-state index contributed by atoms with van der Waals surface area (Å²) in [4.78, 5) is 0. The van der Waals surface area contributed by atoms with Gasteiger partial charge in [-0.05, 0) is 38.5 Å². The first-order chi connectivity index (χ1) is 7.65. The zero-order valence-corrected chi connectivity index (χ0v) is 11.1. The molecule has 1 N–H and O–H groups in total. The normalized spacial score (nSPS) is 32.8. The lowest BCUT2D eigenvalue weighted by atomic mass is 9.89. The Kier molecular flexibility index (Phi) is 5.28. The van der Waals surface area contributed by atoms with E-state index in [9.17, 15) is 5.26 Å². The molecule has 92 valence electrons. The number of hydrogen-bond donors (Lipinski definition) is 1. The van der Waals surface area contributed by atoms with E-state index in [0.29, 0.717) is 6.04 Å². The van der Waals surface area contributed by atoms with Gasteiger partial charge in [0.25, 0.3) is 0 Å². The maximum atomic E-state index is 9.46. The zero-order valence-electron chi connectivity index (χ0n) is 11.1. The van der Waals surface area contributed by atoms with Crippen molar-refractivity contribution in [2.75, 3.05) is 0 Å². The van der Waals surface area contributed by atoms with Gasteiger partial charge in [-0.1, -0.05) is 33.1 Å². The minimum absolute atomic E-state index is 0.237. The monoisotopic (exact) mass is 222 g/mol. The molecule has 0 saturated heterocycles. The number of rotatable bonds is 4. The summed E-state index contributed by atoms with van der Waals surface area (Å²) in [6.45, 7) is 6.63. The molecule has 0 heterocycles. The maximum absolute atomic E-state index is 9.46. The smallest absolute Gasteiger partial charge is 0.106 e. The van der Waals surface area contributed by atoms with Gasteiger partial charge in [0.1, 0.15) is 5.54 Å². The fourth-order valence-electron chi connectivity index (χ4n) is 2.68. The van der Waals surface area contributed by atoms with Crippen molar-refractivity contribution in [1.29, 1.82) is 5.26 Å². The van der Waals surface area contributed by atoms with Crippen molar-refractivity contribution in [3.8, 4) is 6.07 Å². The molecule has 1 fully saturated rings. The lowest BCUT2D eigenvalue weighted by Gasteiger charge is -2.30. The predicted octanol–water partition coefficient (Wildman–Crippen LogP) is 3.63. The minimum Gasteiger partial charge on any atom is -0.297 e. The van der Waals surface area contributed by atoms with E-state index in [0.717, 1.165) is 25.2 Å². The quantitative estimate of drug-likeness (QED) is 0.737. The molecule has 0 radical (unpaired) electrons. The average Bonchev–Trinajstić information content (AvgIpc) is 2.52.